The van der Waals surface area contributed by atoms with E-state index in [0.29, 0.717) is 17.5 Å². The zero-order valence-corrected chi connectivity index (χ0v) is 12.9. The van der Waals surface area contributed by atoms with Crippen molar-refractivity contribution in [1.82, 2.24) is 19.5 Å². The quantitative estimate of drug-likeness (QED) is 0.851. The number of hydrogen-bond donors (Lipinski definition) is 1. The maximum Gasteiger partial charge on any atom is 0.162 e. The number of nitrogens with zero attached hydrogens (tertiary/aromatic N) is 3. The molecule has 0 spiro atoms. The Hall–Kier alpha value is -1.33. The van der Waals surface area contributed by atoms with Crippen LogP contribution in [-0.4, -0.2) is 33.2 Å². The van der Waals surface area contributed by atoms with Gasteiger partial charge in [0.25, 0.3) is 0 Å². The van der Waals surface area contributed by atoms with Crippen molar-refractivity contribution in [1.29, 1.82) is 0 Å². The summed E-state index contributed by atoms with van der Waals surface area (Å²) in [5.74, 6) is 1.69. The molecule has 110 valence electrons. The number of rotatable bonds is 7. The molecule has 0 amide bonds. The van der Waals surface area contributed by atoms with Crippen LogP contribution in [0.2, 0.25) is 5.15 Å². The molecule has 0 aliphatic carbocycles. The number of H-pyrrole nitrogens is 1. The zero-order chi connectivity index (χ0) is 14.5. The van der Waals surface area contributed by atoms with Gasteiger partial charge in [-0.05, 0) is 13.3 Å². The summed E-state index contributed by atoms with van der Waals surface area (Å²) in [6.07, 6.45) is 6.82. The van der Waals surface area contributed by atoms with E-state index < -0.39 is 0 Å². The maximum atomic E-state index is 6.27. The van der Waals surface area contributed by atoms with Gasteiger partial charge in [0, 0.05) is 25.9 Å². The van der Waals surface area contributed by atoms with Gasteiger partial charge in [-0.3, -0.25) is 0 Å². The molecule has 0 aliphatic heterocycles. The van der Waals surface area contributed by atoms with Crippen LogP contribution in [0.25, 0.3) is 11.5 Å². The average Bonchev–Trinajstić information content (AvgIpc) is 3.02. The third kappa shape index (κ3) is 3.22. The number of aromatic amines is 1. The normalized spacial score (nSPS) is 12.8. The lowest BCUT2D eigenvalue weighted by Crippen LogP contribution is -2.11. The fourth-order valence-corrected chi connectivity index (χ4v) is 2.42. The summed E-state index contributed by atoms with van der Waals surface area (Å²) in [7, 11) is 1.69. The molecule has 0 aromatic carbocycles. The first-order valence-electron chi connectivity index (χ1n) is 6.93. The van der Waals surface area contributed by atoms with Crippen molar-refractivity contribution in [2.24, 2.45) is 0 Å². The summed E-state index contributed by atoms with van der Waals surface area (Å²) in [6.45, 7) is 4.85. The Bertz CT molecular complexity index is 549. The molecule has 0 bridgehead atoms. The van der Waals surface area contributed by atoms with Crippen molar-refractivity contribution in [3.63, 3.8) is 0 Å². The number of aromatic nitrogens is 4. The monoisotopic (exact) mass is 296 g/mol. The molecule has 0 aliphatic rings. The number of unbranched alkanes of at least 4 members (excludes halogenated alkanes) is 1. The first-order valence-corrected chi connectivity index (χ1v) is 7.31. The summed E-state index contributed by atoms with van der Waals surface area (Å²) < 4.78 is 7.23. The van der Waals surface area contributed by atoms with E-state index in [1.165, 1.54) is 0 Å². The topological polar surface area (TPSA) is 55.7 Å². The Morgan fingerprint density at radius 2 is 2.30 bits per heavy atom. The molecule has 2 heterocycles. The second kappa shape index (κ2) is 6.90. The number of halogens is 1. The average molecular weight is 297 g/mol. The molecule has 1 N–H and O–H groups in total. The van der Waals surface area contributed by atoms with Crippen LogP contribution in [0.3, 0.4) is 0 Å². The lowest BCUT2D eigenvalue weighted by atomic mass is 10.2. The van der Waals surface area contributed by atoms with Crippen LogP contribution in [0.15, 0.2) is 12.4 Å². The van der Waals surface area contributed by atoms with E-state index in [4.69, 9.17) is 16.3 Å². The van der Waals surface area contributed by atoms with E-state index in [2.05, 4.69) is 28.8 Å². The zero-order valence-electron chi connectivity index (χ0n) is 12.2. The molecular formula is C14H21ClN4O. The van der Waals surface area contributed by atoms with Gasteiger partial charge in [-0.15, -0.1) is 0 Å². The van der Waals surface area contributed by atoms with Gasteiger partial charge in [0.2, 0.25) is 0 Å². The van der Waals surface area contributed by atoms with Gasteiger partial charge in [0.1, 0.15) is 16.7 Å². The fourth-order valence-electron chi connectivity index (χ4n) is 2.18. The van der Waals surface area contributed by atoms with Crippen molar-refractivity contribution in [2.75, 3.05) is 13.7 Å². The summed E-state index contributed by atoms with van der Waals surface area (Å²) in [6, 6.07) is 0.185. The van der Waals surface area contributed by atoms with Gasteiger partial charge >= 0.3 is 0 Å². The van der Waals surface area contributed by atoms with Crippen LogP contribution in [0.1, 0.15) is 38.6 Å². The number of ether oxygens (including phenoxy) is 1. The minimum atomic E-state index is 0.185. The van der Waals surface area contributed by atoms with Gasteiger partial charge in [-0.1, -0.05) is 24.9 Å². The van der Waals surface area contributed by atoms with E-state index in [0.717, 1.165) is 30.9 Å². The van der Waals surface area contributed by atoms with Crippen LogP contribution < -0.4 is 0 Å². The van der Waals surface area contributed by atoms with E-state index in [-0.39, 0.29) is 6.04 Å². The first-order chi connectivity index (χ1) is 9.67. The molecule has 2 aromatic heterocycles. The highest BCUT2D eigenvalue weighted by Gasteiger charge is 2.18. The van der Waals surface area contributed by atoms with Crippen molar-refractivity contribution < 1.29 is 4.74 Å². The van der Waals surface area contributed by atoms with E-state index in [1.54, 1.807) is 13.3 Å². The highest BCUT2D eigenvalue weighted by molar-refractivity contribution is 6.31. The molecule has 2 rings (SSSR count). The Kier molecular flexibility index (Phi) is 5.20. The molecule has 5 nitrogen and oxygen atoms in total. The Labute approximate surface area is 124 Å². The fraction of sp³-hybridized carbons (Fsp3) is 0.571. The molecule has 1 atom stereocenters. The Morgan fingerprint density at radius 3 is 3.00 bits per heavy atom. The van der Waals surface area contributed by atoms with Crippen LogP contribution in [0.4, 0.5) is 0 Å². The van der Waals surface area contributed by atoms with Gasteiger partial charge in [-0.2, -0.15) is 0 Å². The van der Waals surface area contributed by atoms with E-state index >= 15 is 0 Å². The molecule has 0 radical (unpaired) electrons. The van der Waals surface area contributed by atoms with E-state index in [1.807, 2.05) is 10.8 Å². The van der Waals surface area contributed by atoms with Crippen molar-refractivity contribution in [3.8, 4) is 11.5 Å². The van der Waals surface area contributed by atoms with Gasteiger partial charge in [-0.25, -0.2) is 9.97 Å². The minimum absolute atomic E-state index is 0.185. The van der Waals surface area contributed by atoms with Gasteiger partial charge < -0.3 is 14.3 Å². The number of methoxy groups -OCH3 is 1. The molecule has 20 heavy (non-hydrogen) atoms. The molecular weight excluding hydrogens is 276 g/mol. The lowest BCUT2D eigenvalue weighted by molar-refractivity contribution is 0.163. The van der Waals surface area contributed by atoms with Crippen molar-refractivity contribution in [2.45, 2.75) is 39.2 Å². The van der Waals surface area contributed by atoms with Gasteiger partial charge in [0.05, 0.1) is 12.6 Å². The minimum Gasteiger partial charge on any atom is -0.383 e. The molecule has 1 unspecified atom stereocenters. The molecule has 0 saturated heterocycles. The van der Waals surface area contributed by atoms with Crippen LogP contribution >= 0.6 is 11.6 Å². The lowest BCUT2D eigenvalue weighted by Gasteiger charge is -2.14. The maximum absolute atomic E-state index is 6.27. The SMILES string of the molecule is CCCCc1nc(-c2nccn2C(C)COC)c(Cl)[nH]1. The van der Waals surface area contributed by atoms with Crippen LogP contribution in [-0.2, 0) is 11.2 Å². The summed E-state index contributed by atoms with van der Waals surface area (Å²) in [5, 5.41) is 0.549. The standard InChI is InChI=1S/C14H21ClN4O/c1-4-5-6-11-17-12(13(15)18-11)14-16-7-8-19(14)10(2)9-20-3/h7-8,10H,4-6,9H2,1-3H3,(H,17,18). The summed E-state index contributed by atoms with van der Waals surface area (Å²) in [5.41, 5.74) is 0.714. The highest BCUT2D eigenvalue weighted by atomic mass is 35.5. The van der Waals surface area contributed by atoms with Crippen molar-refractivity contribution in [3.05, 3.63) is 23.4 Å². The second-order valence-corrected chi connectivity index (χ2v) is 5.29. The number of aryl methyl sites for hydroxylation is 1. The number of hydrogen-bond acceptors (Lipinski definition) is 3. The number of imidazole rings is 2. The smallest absolute Gasteiger partial charge is 0.162 e. The third-order valence-corrected chi connectivity index (χ3v) is 3.51. The molecule has 0 fully saturated rings. The van der Waals surface area contributed by atoms with Crippen LogP contribution in [0.5, 0.6) is 0 Å². The first kappa shape index (κ1) is 15.1. The predicted molar refractivity (Wildman–Crippen MR) is 80.0 cm³/mol. The molecule has 0 saturated carbocycles. The summed E-state index contributed by atoms with van der Waals surface area (Å²) >= 11 is 6.27. The predicted octanol–water partition coefficient (Wildman–Crippen LogP) is 3.48. The third-order valence-electron chi connectivity index (χ3n) is 3.24. The summed E-state index contributed by atoms with van der Waals surface area (Å²) in [4.78, 5) is 12.1. The Morgan fingerprint density at radius 1 is 1.50 bits per heavy atom. The molecule has 2 aromatic rings. The largest absolute Gasteiger partial charge is 0.383 e. The highest BCUT2D eigenvalue weighted by Crippen LogP contribution is 2.26. The molecule has 6 heteroatoms. The number of nitrogens with one attached hydrogen (secondary N) is 1. The van der Waals surface area contributed by atoms with Gasteiger partial charge in [0.15, 0.2) is 5.82 Å². The van der Waals surface area contributed by atoms with Crippen LogP contribution in [0, 0.1) is 0 Å². The second-order valence-electron chi connectivity index (χ2n) is 4.91. The Balaban J connectivity index is 2.27. The van der Waals surface area contributed by atoms with E-state index in [9.17, 15) is 0 Å². The van der Waals surface area contributed by atoms with Crippen molar-refractivity contribution >= 4 is 11.6 Å².